The van der Waals surface area contributed by atoms with Gasteiger partial charge in [0.1, 0.15) is 5.75 Å². The van der Waals surface area contributed by atoms with Crippen LogP contribution in [0.25, 0.3) is 0 Å². The summed E-state index contributed by atoms with van der Waals surface area (Å²) >= 11 is 0. The second kappa shape index (κ2) is 12.0. The lowest BCUT2D eigenvalue weighted by Gasteiger charge is -2.44. The second-order valence-corrected chi connectivity index (χ2v) is 9.63. The standard InChI is InChI=1S/C26H41N3O4/c1-2-32-25(30)29-17-15-28(16-18-29)22-26(10-20-31-21-11-26)23-6-8-24(9-7-23)33-19-5-14-27-12-3-4-13-27/h6-9H,2-5,10-22H2,1H3. The maximum Gasteiger partial charge on any atom is 0.409 e. The van der Waals surface area contributed by atoms with Crippen molar-refractivity contribution in [3.8, 4) is 5.75 Å². The van der Waals surface area contributed by atoms with E-state index in [-0.39, 0.29) is 11.5 Å². The highest BCUT2D eigenvalue weighted by atomic mass is 16.6. The third-order valence-electron chi connectivity index (χ3n) is 7.43. The van der Waals surface area contributed by atoms with E-state index >= 15 is 0 Å². The zero-order valence-corrected chi connectivity index (χ0v) is 20.3. The molecule has 0 radical (unpaired) electrons. The first kappa shape index (κ1) is 24.3. The Bertz CT molecular complexity index is 722. The van der Waals surface area contributed by atoms with Crippen molar-refractivity contribution in [1.82, 2.24) is 14.7 Å². The Kier molecular flexibility index (Phi) is 8.87. The van der Waals surface area contributed by atoms with Gasteiger partial charge >= 0.3 is 6.09 Å². The lowest BCUT2D eigenvalue weighted by Crippen LogP contribution is -2.53. The molecule has 33 heavy (non-hydrogen) atoms. The van der Waals surface area contributed by atoms with E-state index < -0.39 is 0 Å². The van der Waals surface area contributed by atoms with Crippen LogP contribution in [0.4, 0.5) is 4.79 Å². The van der Waals surface area contributed by atoms with Crippen LogP contribution in [0.1, 0.15) is 44.6 Å². The summed E-state index contributed by atoms with van der Waals surface area (Å²) in [6, 6.07) is 8.80. The van der Waals surface area contributed by atoms with E-state index in [1.807, 2.05) is 11.8 Å². The second-order valence-electron chi connectivity index (χ2n) is 9.63. The van der Waals surface area contributed by atoms with Gasteiger partial charge in [-0.15, -0.1) is 0 Å². The molecule has 0 spiro atoms. The first-order valence-electron chi connectivity index (χ1n) is 12.9. The van der Waals surface area contributed by atoms with E-state index in [2.05, 4.69) is 34.1 Å². The van der Waals surface area contributed by atoms with Crippen LogP contribution in [0.2, 0.25) is 0 Å². The largest absolute Gasteiger partial charge is 0.494 e. The summed E-state index contributed by atoms with van der Waals surface area (Å²) in [6.45, 7) is 12.6. The Labute approximate surface area is 198 Å². The summed E-state index contributed by atoms with van der Waals surface area (Å²) in [5.74, 6) is 0.963. The molecule has 0 saturated carbocycles. The fraction of sp³-hybridized carbons (Fsp3) is 0.731. The predicted octanol–water partition coefficient (Wildman–Crippen LogP) is 3.37. The predicted molar refractivity (Wildman–Crippen MR) is 129 cm³/mol. The molecule has 3 aliphatic rings. The highest BCUT2D eigenvalue weighted by Crippen LogP contribution is 2.37. The average Bonchev–Trinajstić information content (AvgIpc) is 3.37. The van der Waals surface area contributed by atoms with Crippen LogP contribution in [0, 0.1) is 0 Å². The first-order chi connectivity index (χ1) is 16.2. The summed E-state index contributed by atoms with van der Waals surface area (Å²) in [4.78, 5) is 18.9. The number of hydrogen-bond donors (Lipinski definition) is 0. The van der Waals surface area contributed by atoms with Crippen molar-refractivity contribution >= 4 is 6.09 Å². The third kappa shape index (κ3) is 6.61. The van der Waals surface area contributed by atoms with Crippen LogP contribution >= 0.6 is 0 Å². The lowest BCUT2D eigenvalue weighted by molar-refractivity contribution is 0.0230. The maximum atomic E-state index is 12.0. The minimum atomic E-state index is -0.186. The smallest absolute Gasteiger partial charge is 0.409 e. The number of piperazine rings is 1. The number of amides is 1. The molecule has 0 atom stereocenters. The van der Waals surface area contributed by atoms with Gasteiger partial charge in [0, 0.05) is 57.9 Å². The lowest BCUT2D eigenvalue weighted by atomic mass is 9.73. The van der Waals surface area contributed by atoms with Gasteiger partial charge in [0.25, 0.3) is 0 Å². The fourth-order valence-electron chi connectivity index (χ4n) is 5.42. The Morgan fingerprint density at radius 3 is 2.33 bits per heavy atom. The number of carbonyl (C=O) groups is 1. The maximum absolute atomic E-state index is 12.0. The molecule has 0 bridgehead atoms. The van der Waals surface area contributed by atoms with Crippen LogP contribution < -0.4 is 4.74 Å². The number of hydrogen-bond acceptors (Lipinski definition) is 6. The zero-order chi connectivity index (χ0) is 22.9. The highest BCUT2D eigenvalue weighted by Gasteiger charge is 2.37. The Balaban J connectivity index is 1.30. The molecule has 7 heteroatoms. The monoisotopic (exact) mass is 459 g/mol. The van der Waals surface area contributed by atoms with Gasteiger partial charge in [-0.1, -0.05) is 12.1 Å². The number of likely N-dealkylation sites (tertiary alicyclic amines) is 1. The summed E-state index contributed by atoms with van der Waals surface area (Å²) < 4.78 is 16.9. The molecule has 184 valence electrons. The van der Waals surface area contributed by atoms with Crippen molar-refractivity contribution < 1.29 is 19.0 Å². The molecule has 0 aromatic heterocycles. The van der Waals surface area contributed by atoms with Crippen molar-refractivity contribution in [2.24, 2.45) is 0 Å². The number of benzene rings is 1. The third-order valence-corrected chi connectivity index (χ3v) is 7.43. The average molecular weight is 460 g/mol. The van der Waals surface area contributed by atoms with Gasteiger partial charge in [0.05, 0.1) is 13.2 Å². The van der Waals surface area contributed by atoms with E-state index in [1.165, 1.54) is 31.5 Å². The number of rotatable bonds is 9. The molecule has 3 aliphatic heterocycles. The molecule has 1 amide bonds. The first-order valence-corrected chi connectivity index (χ1v) is 12.9. The van der Waals surface area contributed by atoms with Crippen molar-refractivity contribution in [3.05, 3.63) is 29.8 Å². The molecule has 1 aromatic carbocycles. The summed E-state index contributed by atoms with van der Waals surface area (Å²) in [5, 5.41) is 0. The van der Waals surface area contributed by atoms with Crippen LogP contribution in [0.5, 0.6) is 5.75 Å². The summed E-state index contributed by atoms with van der Waals surface area (Å²) in [7, 11) is 0. The molecule has 0 N–H and O–H groups in total. The number of carbonyl (C=O) groups excluding carboxylic acids is 1. The SMILES string of the molecule is CCOC(=O)N1CCN(CC2(c3ccc(OCCCN4CCCC4)cc3)CCOCC2)CC1. The normalized spacial score (nSPS) is 21.8. The molecule has 1 aromatic rings. The van der Waals surface area contributed by atoms with Gasteiger partial charge in [-0.05, 0) is 69.8 Å². The number of ether oxygens (including phenoxy) is 3. The summed E-state index contributed by atoms with van der Waals surface area (Å²) in [5.41, 5.74) is 1.47. The van der Waals surface area contributed by atoms with Gasteiger partial charge in [0.15, 0.2) is 0 Å². The Morgan fingerprint density at radius 2 is 1.67 bits per heavy atom. The van der Waals surface area contributed by atoms with E-state index in [9.17, 15) is 4.79 Å². The van der Waals surface area contributed by atoms with Gasteiger partial charge in [0.2, 0.25) is 0 Å². The van der Waals surface area contributed by atoms with E-state index in [0.717, 1.165) is 84.1 Å². The quantitative estimate of drug-likeness (QED) is 0.528. The minimum absolute atomic E-state index is 0.0959. The number of nitrogens with zero attached hydrogens (tertiary/aromatic N) is 3. The van der Waals surface area contributed by atoms with Crippen LogP contribution in [0.3, 0.4) is 0 Å². The van der Waals surface area contributed by atoms with Gasteiger partial charge in [-0.2, -0.15) is 0 Å². The van der Waals surface area contributed by atoms with Gasteiger partial charge in [-0.3, -0.25) is 4.90 Å². The van der Waals surface area contributed by atoms with E-state index in [1.54, 1.807) is 0 Å². The van der Waals surface area contributed by atoms with Crippen LogP contribution in [-0.4, -0.2) is 99.6 Å². The molecular weight excluding hydrogens is 418 g/mol. The fourth-order valence-corrected chi connectivity index (χ4v) is 5.42. The molecule has 0 unspecified atom stereocenters. The molecule has 3 heterocycles. The van der Waals surface area contributed by atoms with E-state index in [0.29, 0.717) is 6.61 Å². The van der Waals surface area contributed by atoms with Gasteiger partial charge < -0.3 is 24.0 Å². The van der Waals surface area contributed by atoms with Crippen molar-refractivity contribution in [2.45, 2.75) is 44.4 Å². The molecular formula is C26H41N3O4. The molecule has 3 fully saturated rings. The molecule has 7 nitrogen and oxygen atoms in total. The van der Waals surface area contributed by atoms with Gasteiger partial charge in [-0.25, -0.2) is 4.79 Å². The minimum Gasteiger partial charge on any atom is -0.494 e. The zero-order valence-electron chi connectivity index (χ0n) is 20.3. The van der Waals surface area contributed by atoms with Crippen molar-refractivity contribution in [3.63, 3.8) is 0 Å². The highest BCUT2D eigenvalue weighted by molar-refractivity contribution is 5.67. The van der Waals surface area contributed by atoms with Crippen LogP contribution in [0.15, 0.2) is 24.3 Å². The van der Waals surface area contributed by atoms with E-state index in [4.69, 9.17) is 14.2 Å². The summed E-state index contributed by atoms with van der Waals surface area (Å²) in [6.07, 6.45) is 5.64. The topological polar surface area (TPSA) is 54.5 Å². The Hall–Kier alpha value is -1.83. The Morgan fingerprint density at radius 1 is 0.970 bits per heavy atom. The molecule has 4 rings (SSSR count). The molecule has 0 aliphatic carbocycles. The van der Waals surface area contributed by atoms with Crippen molar-refractivity contribution in [1.29, 1.82) is 0 Å². The van der Waals surface area contributed by atoms with Crippen LogP contribution in [-0.2, 0) is 14.9 Å². The molecule has 3 saturated heterocycles. The van der Waals surface area contributed by atoms with Crippen molar-refractivity contribution in [2.75, 3.05) is 78.8 Å².